The summed E-state index contributed by atoms with van der Waals surface area (Å²) >= 11 is 1.48. The van der Waals surface area contributed by atoms with Gasteiger partial charge in [-0.1, -0.05) is 12.1 Å². The maximum atomic E-state index is 12.7. The molecule has 2 N–H and O–H groups in total. The molecule has 1 heterocycles. The van der Waals surface area contributed by atoms with Crippen LogP contribution in [0, 0.1) is 30.1 Å². The van der Waals surface area contributed by atoms with Gasteiger partial charge in [0.05, 0.1) is 10.6 Å². The Kier molecular flexibility index (Phi) is 5.66. The Labute approximate surface area is 193 Å². The van der Waals surface area contributed by atoms with Crippen LogP contribution in [-0.2, 0) is 4.79 Å². The Hall–Kier alpha value is -2.47. The highest BCUT2D eigenvalue weighted by molar-refractivity contribution is 7.14. The van der Waals surface area contributed by atoms with Crippen LogP contribution < -0.4 is 10.7 Å². The molecule has 0 atom stereocenters. The fraction of sp³-hybridized carbons (Fsp3) is 0.500. The Morgan fingerprint density at radius 1 is 1.00 bits per heavy atom. The largest absolute Gasteiger partial charge is 0.321 e. The predicted octanol–water partition coefficient (Wildman–Crippen LogP) is 5.76. The quantitative estimate of drug-likeness (QED) is 0.435. The summed E-state index contributed by atoms with van der Waals surface area (Å²) < 4.78 is 0. The summed E-state index contributed by atoms with van der Waals surface area (Å²) in [5, 5.41) is 7.29. The standard InChI is InChI=1S/C26H31N3O2S/c1-16-3-8-23(32-16)25(31)27-22-6-4-21(5-7-22)17(2)28-29-24(30)15-26-12-18-9-19(13-26)11-20(10-18)14-26/h3-8,18-20H,9-15H2,1-2H3,(H,27,31)(H,29,30). The van der Waals surface area contributed by atoms with Gasteiger partial charge in [0, 0.05) is 17.0 Å². The van der Waals surface area contributed by atoms with Crippen LogP contribution in [0.2, 0.25) is 0 Å². The summed E-state index contributed by atoms with van der Waals surface area (Å²) in [5.74, 6) is 2.49. The number of thiophene rings is 1. The molecule has 0 aliphatic heterocycles. The SMILES string of the molecule is CC(=NNC(=O)CC12CC3CC(CC(C3)C1)C2)c1ccc(NC(=O)c2ccc(C)s2)cc1. The zero-order valence-electron chi connectivity index (χ0n) is 18.8. The molecule has 5 nitrogen and oxygen atoms in total. The zero-order valence-corrected chi connectivity index (χ0v) is 19.6. The zero-order chi connectivity index (χ0) is 22.3. The van der Waals surface area contributed by atoms with Crippen molar-refractivity contribution in [3.8, 4) is 0 Å². The molecule has 0 radical (unpaired) electrons. The van der Waals surface area contributed by atoms with Crippen molar-refractivity contribution < 1.29 is 9.59 Å². The van der Waals surface area contributed by atoms with Gasteiger partial charge in [-0.15, -0.1) is 11.3 Å². The van der Waals surface area contributed by atoms with Gasteiger partial charge in [-0.2, -0.15) is 5.10 Å². The van der Waals surface area contributed by atoms with E-state index in [2.05, 4.69) is 15.8 Å². The van der Waals surface area contributed by atoms with Crippen LogP contribution in [-0.4, -0.2) is 17.5 Å². The van der Waals surface area contributed by atoms with Gasteiger partial charge in [0.1, 0.15) is 0 Å². The lowest BCUT2D eigenvalue weighted by molar-refractivity contribution is -0.129. The molecule has 4 saturated carbocycles. The number of carbonyl (C=O) groups excluding carboxylic acids is 2. The second-order valence-electron chi connectivity index (χ2n) is 10.3. The Balaban J connectivity index is 1.16. The van der Waals surface area contributed by atoms with E-state index in [1.807, 2.05) is 50.2 Å². The fourth-order valence-corrected chi connectivity index (χ4v) is 7.40. The lowest BCUT2D eigenvalue weighted by Crippen LogP contribution is -2.47. The molecule has 4 aliphatic rings. The highest BCUT2D eigenvalue weighted by atomic mass is 32.1. The summed E-state index contributed by atoms with van der Waals surface area (Å²) in [6, 6.07) is 11.3. The van der Waals surface area contributed by atoms with E-state index in [4.69, 9.17) is 0 Å². The van der Waals surface area contributed by atoms with E-state index in [1.54, 1.807) is 0 Å². The predicted molar refractivity (Wildman–Crippen MR) is 129 cm³/mol. The van der Waals surface area contributed by atoms with Crippen LogP contribution in [0.1, 0.15) is 72.0 Å². The fourth-order valence-electron chi connectivity index (χ4n) is 6.64. The lowest BCUT2D eigenvalue weighted by atomic mass is 9.49. The van der Waals surface area contributed by atoms with Crippen LogP contribution in [0.15, 0.2) is 41.5 Å². The first-order chi connectivity index (χ1) is 15.4. The van der Waals surface area contributed by atoms with Crippen LogP contribution in [0.4, 0.5) is 5.69 Å². The van der Waals surface area contributed by atoms with E-state index >= 15 is 0 Å². The molecule has 32 heavy (non-hydrogen) atoms. The molecule has 1 aromatic carbocycles. The third kappa shape index (κ3) is 4.51. The van der Waals surface area contributed by atoms with Crippen molar-refractivity contribution >= 4 is 34.6 Å². The van der Waals surface area contributed by atoms with Gasteiger partial charge in [0.15, 0.2) is 0 Å². The monoisotopic (exact) mass is 449 g/mol. The summed E-state index contributed by atoms with van der Waals surface area (Å²) in [5.41, 5.74) is 5.45. The van der Waals surface area contributed by atoms with E-state index in [9.17, 15) is 9.59 Å². The number of nitrogens with one attached hydrogen (secondary N) is 2. The number of benzene rings is 1. The number of aryl methyl sites for hydroxylation is 1. The van der Waals surface area contributed by atoms with Crippen molar-refractivity contribution in [2.45, 2.75) is 58.8 Å². The molecule has 6 rings (SSSR count). The third-order valence-electron chi connectivity index (χ3n) is 7.57. The van der Waals surface area contributed by atoms with Gasteiger partial charge in [-0.3, -0.25) is 9.59 Å². The first-order valence-electron chi connectivity index (χ1n) is 11.7. The Morgan fingerprint density at radius 2 is 1.62 bits per heavy atom. The van der Waals surface area contributed by atoms with Crippen molar-refractivity contribution in [1.29, 1.82) is 0 Å². The summed E-state index contributed by atoms with van der Waals surface area (Å²) in [6.07, 6.45) is 8.47. The summed E-state index contributed by atoms with van der Waals surface area (Å²) in [7, 11) is 0. The van der Waals surface area contributed by atoms with E-state index in [1.165, 1.54) is 49.9 Å². The molecule has 6 heteroatoms. The van der Waals surface area contributed by atoms with Crippen molar-refractivity contribution in [2.75, 3.05) is 5.32 Å². The highest BCUT2D eigenvalue weighted by Crippen LogP contribution is 2.61. The number of amides is 2. The van der Waals surface area contributed by atoms with Gasteiger partial charge in [0.2, 0.25) is 5.91 Å². The van der Waals surface area contributed by atoms with Gasteiger partial charge in [-0.25, -0.2) is 5.43 Å². The summed E-state index contributed by atoms with van der Waals surface area (Å²) in [6.45, 7) is 3.88. The van der Waals surface area contributed by atoms with Crippen LogP contribution in [0.5, 0.6) is 0 Å². The van der Waals surface area contributed by atoms with E-state index in [-0.39, 0.29) is 17.2 Å². The normalized spacial score (nSPS) is 28.6. The maximum Gasteiger partial charge on any atom is 0.265 e. The van der Waals surface area contributed by atoms with Crippen molar-refractivity contribution in [2.24, 2.45) is 28.3 Å². The van der Waals surface area contributed by atoms with Gasteiger partial charge < -0.3 is 5.32 Å². The van der Waals surface area contributed by atoms with Crippen LogP contribution in [0.3, 0.4) is 0 Å². The number of rotatable bonds is 6. The molecular weight excluding hydrogens is 418 g/mol. The number of hydrogen-bond donors (Lipinski definition) is 2. The van der Waals surface area contributed by atoms with E-state index in [0.717, 1.165) is 39.6 Å². The number of hydrazone groups is 1. The molecule has 0 spiro atoms. The molecular formula is C26H31N3O2S. The van der Waals surface area contributed by atoms with E-state index < -0.39 is 0 Å². The molecule has 1 aromatic heterocycles. The van der Waals surface area contributed by atoms with Gasteiger partial charge in [0.25, 0.3) is 5.91 Å². The first kappa shape index (κ1) is 21.4. The highest BCUT2D eigenvalue weighted by Gasteiger charge is 2.51. The second kappa shape index (κ2) is 8.47. The molecule has 4 aliphatic carbocycles. The van der Waals surface area contributed by atoms with Crippen molar-refractivity contribution in [3.05, 3.63) is 51.7 Å². The molecule has 2 amide bonds. The number of nitrogens with zero attached hydrogens (tertiary/aromatic N) is 1. The van der Waals surface area contributed by atoms with E-state index in [0.29, 0.717) is 11.3 Å². The lowest BCUT2D eigenvalue weighted by Gasteiger charge is -2.56. The molecule has 2 aromatic rings. The first-order valence-corrected chi connectivity index (χ1v) is 12.5. The number of carbonyl (C=O) groups is 2. The maximum absolute atomic E-state index is 12.7. The van der Waals surface area contributed by atoms with Crippen molar-refractivity contribution in [3.63, 3.8) is 0 Å². The average molecular weight is 450 g/mol. The Bertz CT molecular complexity index is 1020. The number of hydrogen-bond acceptors (Lipinski definition) is 4. The molecule has 0 unspecified atom stereocenters. The summed E-state index contributed by atoms with van der Waals surface area (Å²) in [4.78, 5) is 26.8. The molecule has 168 valence electrons. The van der Waals surface area contributed by atoms with Gasteiger partial charge >= 0.3 is 0 Å². The average Bonchev–Trinajstić information content (AvgIpc) is 3.18. The minimum absolute atomic E-state index is 0.0430. The number of anilines is 1. The minimum Gasteiger partial charge on any atom is -0.321 e. The van der Waals surface area contributed by atoms with Crippen LogP contribution >= 0.6 is 11.3 Å². The molecule has 0 saturated heterocycles. The smallest absolute Gasteiger partial charge is 0.265 e. The topological polar surface area (TPSA) is 70.6 Å². The van der Waals surface area contributed by atoms with Crippen LogP contribution in [0.25, 0.3) is 0 Å². The van der Waals surface area contributed by atoms with Crippen molar-refractivity contribution in [1.82, 2.24) is 5.43 Å². The molecule has 4 bridgehead atoms. The Morgan fingerprint density at radius 3 is 2.19 bits per heavy atom. The second-order valence-corrected chi connectivity index (χ2v) is 11.6. The molecule has 4 fully saturated rings. The minimum atomic E-state index is -0.0989. The van der Waals surface area contributed by atoms with Gasteiger partial charge in [-0.05, 0) is 105 Å². The third-order valence-corrected chi connectivity index (χ3v) is 8.57.